The molecule has 0 saturated heterocycles. The average Bonchev–Trinajstić information content (AvgIpc) is 3.21. The summed E-state index contributed by atoms with van der Waals surface area (Å²) in [5, 5.41) is 4.35. The minimum Gasteiger partial charge on any atom is -0.364 e. The molecule has 2 aromatic carbocycles. The maximum atomic E-state index is 13.8. The van der Waals surface area contributed by atoms with E-state index in [1.54, 1.807) is 12.4 Å². The molecule has 0 radical (unpaired) electrons. The van der Waals surface area contributed by atoms with Crippen molar-refractivity contribution in [3.8, 4) is 11.3 Å². The number of rotatable bonds is 4. The van der Waals surface area contributed by atoms with Gasteiger partial charge in [-0.3, -0.25) is 0 Å². The Morgan fingerprint density at radius 2 is 1.89 bits per heavy atom. The largest absolute Gasteiger partial charge is 0.364 e. The molecule has 5 rings (SSSR count). The van der Waals surface area contributed by atoms with E-state index in [1.165, 1.54) is 18.5 Å². The molecule has 6 nitrogen and oxygen atoms in total. The average molecular weight is 370 g/mol. The Hall–Kier alpha value is -3.87. The molecule has 0 bridgehead atoms. The normalized spacial score (nSPS) is 11.2. The smallest absolute Gasteiger partial charge is 0.182 e. The SMILES string of the molecule is Fc1cccc(-c2nc3ccccc3cc2CNc2ncnc3nc[nH]c23)c1. The topological polar surface area (TPSA) is 79.4 Å². The number of H-pyrrole nitrogens is 1. The predicted molar refractivity (Wildman–Crippen MR) is 106 cm³/mol. The van der Waals surface area contributed by atoms with Gasteiger partial charge in [-0.2, -0.15) is 0 Å². The second-order valence-electron chi connectivity index (χ2n) is 6.38. The highest BCUT2D eigenvalue weighted by Gasteiger charge is 2.12. The number of nitrogens with one attached hydrogen (secondary N) is 2. The highest BCUT2D eigenvalue weighted by Crippen LogP contribution is 2.27. The molecule has 0 unspecified atom stereocenters. The van der Waals surface area contributed by atoms with Crippen molar-refractivity contribution in [1.29, 1.82) is 0 Å². The van der Waals surface area contributed by atoms with E-state index in [9.17, 15) is 4.39 Å². The molecule has 0 amide bonds. The van der Waals surface area contributed by atoms with Gasteiger partial charge >= 0.3 is 0 Å². The van der Waals surface area contributed by atoms with Gasteiger partial charge < -0.3 is 10.3 Å². The molecule has 3 aromatic heterocycles. The Kier molecular flexibility index (Phi) is 3.90. The van der Waals surface area contributed by atoms with Crippen molar-refractivity contribution in [2.45, 2.75) is 6.54 Å². The summed E-state index contributed by atoms with van der Waals surface area (Å²) in [6.45, 7) is 0.467. The highest BCUT2D eigenvalue weighted by molar-refractivity contribution is 5.84. The van der Waals surface area contributed by atoms with Gasteiger partial charge in [0.25, 0.3) is 0 Å². The molecule has 0 fully saturated rings. The number of benzene rings is 2. The zero-order valence-electron chi connectivity index (χ0n) is 14.7. The number of anilines is 1. The molecule has 5 aromatic rings. The zero-order valence-corrected chi connectivity index (χ0v) is 14.7. The van der Waals surface area contributed by atoms with Gasteiger partial charge in [-0.1, -0.05) is 30.3 Å². The van der Waals surface area contributed by atoms with Crippen LogP contribution in [0.1, 0.15) is 5.56 Å². The first-order valence-corrected chi connectivity index (χ1v) is 8.80. The Labute approximate surface area is 159 Å². The van der Waals surface area contributed by atoms with Gasteiger partial charge in [0, 0.05) is 17.5 Å². The number of halogens is 1. The van der Waals surface area contributed by atoms with E-state index in [-0.39, 0.29) is 5.82 Å². The lowest BCUT2D eigenvalue weighted by molar-refractivity contribution is 0.628. The lowest BCUT2D eigenvalue weighted by atomic mass is 10.0. The number of hydrogen-bond donors (Lipinski definition) is 2. The van der Waals surface area contributed by atoms with Crippen molar-refractivity contribution >= 4 is 27.9 Å². The molecule has 136 valence electrons. The van der Waals surface area contributed by atoms with Gasteiger partial charge in [0.05, 0.1) is 17.5 Å². The zero-order chi connectivity index (χ0) is 18.9. The van der Waals surface area contributed by atoms with Gasteiger partial charge in [-0.25, -0.2) is 24.3 Å². The summed E-state index contributed by atoms with van der Waals surface area (Å²) in [5.74, 6) is 0.363. The van der Waals surface area contributed by atoms with E-state index >= 15 is 0 Å². The van der Waals surface area contributed by atoms with E-state index in [4.69, 9.17) is 4.98 Å². The first-order valence-electron chi connectivity index (χ1n) is 8.80. The van der Waals surface area contributed by atoms with Crippen molar-refractivity contribution in [1.82, 2.24) is 24.9 Å². The van der Waals surface area contributed by atoms with Gasteiger partial charge in [0.15, 0.2) is 11.5 Å². The maximum absolute atomic E-state index is 13.8. The standard InChI is InChI=1S/C21H15FN6/c22-16-6-3-5-14(9-16)18-15(8-13-4-1-2-7-17(13)28-18)10-23-20-19-21(25-11-24-19)27-12-26-20/h1-9,11-12H,10H2,(H2,23,24,25,26,27). The van der Waals surface area contributed by atoms with Gasteiger partial charge in [0.1, 0.15) is 17.7 Å². The van der Waals surface area contributed by atoms with Crippen molar-refractivity contribution in [2.24, 2.45) is 0 Å². The number of pyridine rings is 1. The molecule has 0 saturated carbocycles. The van der Waals surface area contributed by atoms with E-state index < -0.39 is 0 Å². The quantitative estimate of drug-likeness (QED) is 0.493. The molecular formula is C21H15FN6. The second-order valence-corrected chi connectivity index (χ2v) is 6.38. The van der Waals surface area contributed by atoms with Gasteiger partial charge in [-0.15, -0.1) is 0 Å². The summed E-state index contributed by atoms with van der Waals surface area (Å²) in [6, 6.07) is 16.4. The van der Waals surface area contributed by atoms with Crippen molar-refractivity contribution < 1.29 is 4.39 Å². The van der Waals surface area contributed by atoms with Crippen LogP contribution in [0.3, 0.4) is 0 Å². The first-order chi connectivity index (χ1) is 13.8. The lowest BCUT2D eigenvalue weighted by Crippen LogP contribution is -2.05. The minimum absolute atomic E-state index is 0.290. The minimum atomic E-state index is -0.290. The lowest BCUT2D eigenvalue weighted by Gasteiger charge is -2.13. The molecular weight excluding hydrogens is 355 g/mol. The fraction of sp³-hybridized carbons (Fsp3) is 0.0476. The Morgan fingerprint density at radius 3 is 2.82 bits per heavy atom. The number of aromatic nitrogens is 5. The number of fused-ring (bicyclic) bond motifs is 2. The third-order valence-corrected chi connectivity index (χ3v) is 4.57. The highest BCUT2D eigenvalue weighted by atomic mass is 19.1. The number of para-hydroxylation sites is 1. The van der Waals surface area contributed by atoms with Gasteiger partial charge in [0.2, 0.25) is 0 Å². The number of aromatic amines is 1. The second kappa shape index (κ2) is 6.70. The third-order valence-electron chi connectivity index (χ3n) is 4.57. The predicted octanol–water partition coefficient (Wildman–Crippen LogP) is 4.32. The number of imidazole rings is 1. The van der Waals surface area contributed by atoms with Crippen LogP contribution in [0, 0.1) is 5.82 Å². The fourth-order valence-electron chi connectivity index (χ4n) is 3.26. The van der Waals surface area contributed by atoms with E-state index in [2.05, 4.69) is 31.3 Å². The monoisotopic (exact) mass is 370 g/mol. The van der Waals surface area contributed by atoms with Crippen LogP contribution < -0.4 is 5.32 Å². The molecule has 0 atom stereocenters. The summed E-state index contributed by atoms with van der Waals surface area (Å²) in [5.41, 5.74) is 4.61. The summed E-state index contributed by atoms with van der Waals surface area (Å²) in [4.78, 5) is 20.4. The third kappa shape index (κ3) is 2.92. The van der Waals surface area contributed by atoms with Gasteiger partial charge in [-0.05, 0) is 29.8 Å². The first kappa shape index (κ1) is 16.3. The van der Waals surface area contributed by atoms with Crippen LogP contribution in [0.15, 0.2) is 67.3 Å². The Bertz CT molecular complexity index is 1300. The molecule has 0 aliphatic carbocycles. The fourth-order valence-corrected chi connectivity index (χ4v) is 3.26. The van der Waals surface area contributed by atoms with Crippen LogP contribution in [-0.2, 0) is 6.54 Å². The number of nitrogens with zero attached hydrogens (tertiary/aromatic N) is 4. The molecule has 2 N–H and O–H groups in total. The van der Waals surface area contributed by atoms with Crippen LogP contribution >= 0.6 is 0 Å². The van der Waals surface area contributed by atoms with Crippen LogP contribution in [-0.4, -0.2) is 24.9 Å². The van der Waals surface area contributed by atoms with Crippen molar-refractivity contribution in [3.63, 3.8) is 0 Å². The van der Waals surface area contributed by atoms with E-state index in [0.717, 1.165) is 33.2 Å². The number of hydrogen-bond acceptors (Lipinski definition) is 5. The molecule has 0 spiro atoms. The van der Waals surface area contributed by atoms with Crippen molar-refractivity contribution in [2.75, 3.05) is 5.32 Å². The van der Waals surface area contributed by atoms with Crippen LogP contribution in [0.4, 0.5) is 10.2 Å². The molecule has 28 heavy (non-hydrogen) atoms. The van der Waals surface area contributed by atoms with E-state index in [0.29, 0.717) is 18.0 Å². The van der Waals surface area contributed by atoms with Crippen LogP contribution in [0.2, 0.25) is 0 Å². The summed E-state index contributed by atoms with van der Waals surface area (Å²) < 4.78 is 13.8. The summed E-state index contributed by atoms with van der Waals surface area (Å²) in [6.07, 6.45) is 3.05. The Balaban J connectivity index is 1.59. The molecule has 7 heteroatoms. The maximum Gasteiger partial charge on any atom is 0.182 e. The Morgan fingerprint density at radius 1 is 0.964 bits per heavy atom. The molecule has 0 aliphatic rings. The molecule has 3 heterocycles. The van der Waals surface area contributed by atoms with Crippen molar-refractivity contribution in [3.05, 3.63) is 78.6 Å². The molecule has 0 aliphatic heterocycles. The summed E-state index contributed by atoms with van der Waals surface area (Å²) >= 11 is 0. The van der Waals surface area contributed by atoms with E-state index in [1.807, 2.05) is 30.3 Å². The summed E-state index contributed by atoms with van der Waals surface area (Å²) in [7, 11) is 0. The van der Waals surface area contributed by atoms with Crippen LogP contribution in [0.5, 0.6) is 0 Å². The van der Waals surface area contributed by atoms with Crippen LogP contribution in [0.25, 0.3) is 33.3 Å².